The van der Waals surface area contributed by atoms with E-state index in [1.54, 1.807) is 18.2 Å². The standard InChI is InChI=1S/C27H34Cl2F3N3O/c1-4-33-24(15-18(2)3)22-16-20(27(30,31)32)7-9-25(22)34-11-13-35(14-12-34)26(36)10-6-19-5-8-21(28)17-23(19)29/h5,7-9,16-18,24,33H,4,6,10-15H2,1-3H3/t24-/m0/s1. The number of hydrogen-bond donors (Lipinski definition) is 1. The molecule has 2 aromatic carbocycles. The number of carbonyl (C=O) groups is 1. The minimum Gasteiger partial charge on any atom is -0.368 e. The summed E-state index contributed by atoms with van der Waals surface area (Å²) in [5.41, 5.74) is 1.71. The summed E-state index contributed by atoms with van der Waals surface area (Å²) in [4.78, 5) is 16.7. The Bertz CT molecular complexity index is 1040. The van der Waals surface area contributed by atoms with E-state index in [-0.39, 0.29) is 11.9 Å². The minimum absolute atomic E-state index is 0.0404. The van der Waals surface area contributed by atoms with Crippen LogP contribution in [0.4, 0.5) is 18.9 Å². The third kappa shape index (κ3) is 7.53. The van der Waals surface area contributed by atoms with Crippen LogP contribution in [0, 0.1) is 5.92 Å². The number of nitrogens with zero attached hydrogens (tertiary/aromatic N) is 2. The summed E-state index contributed by atoms with van der Waals surface area (Å²) in [7, 11) is 0. The van der Waals surface area contributed by atoms with E-state index in [2.05, 4.69) is 24.1 Å². The number of amides is 1. The van der Waals surface area contributed by atoms with Gasteiger partial charge in [0.05, 0.1) is 5.56 Å². The molecule has 0 aliphatic carbocycles. The fourth-order valence-corrected chi connectivity index (χ4v) is 5.16. The fraction of sp³-hybridized carbons (Fsp3) is 0.519. The van der Waals surface area contributed by atoms with Gasteiger partial charge in [-0.2, -0.15) is 13.2 Å². The number of benzene rings is 2. The number of aryl methyl sites for hydroxylation is 1. The molecule has 1 saturated heterocycles. The Morgan fingerprint density at radius 3 is 2.33 bits per heavy atom. The van der Waals surface area contributed by atoms with Crippen LogP contribution in [0.3, 0.4) is 0 Å². The molecular formula is C27H34Cl2F3N3O. The quantitative estimate of drug-likeness (QED) is 0.370. The number of halogens is 5. The van der Waals surface area contributed by atoms with E-state index in [4.69, 9.17) is 23.2 Å². The van der Waals surface area contributed by atoms with Crippen LogP contribution < -0.4 is 10.2 Å². The van der Waals surface area contributed by atoms with Gasteiger partial charge in [0, 0.05) is 54.4 Å². The lowest BCUT2D eigenvalue weighted by Gasteiger charge is -2.38. The largest absolute Gasteiger partial charge is 0.416 e. The van der Waals surface area contributed by atoms with Gasteiger partial charge in [0.25, 0.3) is 0 Å². The maximum absolute atomic E-state index is 13.5. The maximum Gasteiger partial charge on any atom is 0.416 e. The molecule has 9 heteroatoms. The lowest BCUT2D eigenvalue weighted by atomic mass is 9.93. The average Bonchev–Trinajstić information content (AvgIpc) is 2.82. The van der Waals surface area contributed by atoms with Gasteiger partial charge < -0.3 is 15.1 Å². The number of anilines is 1. The van der Waals surface area contributed by atoms with Crippen LogP contribution in [0.5, 0.6) is 0 Å². The minimum atomic E-state index is -4.40. The molecule has 0 aromatic heterocycles. The summed E-state index contributed by atoms with van der Waals surface area (Å²) in [5, 5.41) is 4.48. The first kappa shape index (κ1) is 28.6. The fourth-order valence-electron chi connectivity index (χ4n) is 4.66. The highest BCUT2D eigenvalue weighted by molar-refractivity contribution is 6.35. The van der Waals surface area contributed by atoms with E-state index < -0.39 is 11.7 Å². The number of rotatable bonds is 9. The molecule has 4 nitrogen and oxygen atoms in total. The zero-order valence-corrected chi connectivity index (χ0v) is 22.5. The summed E-state index contributed by atoms with van der Waals surface area (Å²) in [6.45, 7) is 8.92. The Labute approximate surface area is 221 Å². The number of carbonyl (C=O) groups excluding carboxylic acids is 1. The molecule has 0 saturated carbocycles. The Kier molecular flexibility index (Phi) is 9.95. The maximum atomic E-state index is 13.5. The van der Waals surface area contributed by atoms with Crippen molar-refractivity contribution in [3.05, 3.63) is 63.1 Å². The van der Waals surface area contributed by atoms with Crippen molar-refractivity contribution in [1.29, 1.82) is 0 Å². The topological polar surface area (TPSA) is 35.6 Å². The van der Waals surface area contributed by atoms with E-state index in [0.29, 0.717) is 67.1 Å². The first-order valence-electron chi connectivity index (χ1n) is 12.4. The second-order valence-electron chi connectivity index (χ2n) is 9.61. The summed E-state index contributed by atoms with van der Waals surface area (Å²) in [6, 6.07) is 9.11. The normalized spacial score (nSPS) is 15.5. The molecule has 1 heterocycles. The monoisotopic (exact) mass is 543 g/mol. The van der Waals surface area contributed by atoms with E-state index in [9.17, 15) is 18.0 Å². The predicted octanol–water partition coefficient (Wildman–Crippen LogP) is 6.99. The first-order valence-corrected chi connectivity index (χ1v) is 13.2. The molecule has 36 heavy (non-hydrogen) atoms. The molecule has 1 aliphatic heterocycles. The Morgan fingerprint density at radius 2 is 1.75 bits per heavy atom. The second-order valence-corrected chi connectivity index (χ2v) is 10.5. The summed E-state index contributed by atoms with van der Waals surface area (Å²) in [6.07, 6.45) is -2.81. The molecule has 0 bridgehead atoms. The molecule has 2 aromatic rings. The molecule has 0 spiro atoms. The van der Waals surface area contributed by atoms with Gasteiger partial charge in [-0.1, -0.05) is 50.0 Å². The van der Waals surface area contributed by atoms with Crippen LogP contribution in [-0.2, 0) is 17.4 Å². The van der Waals surface area contributed by atoms with Gasteiger partial charge in [-0.3, -0.25) is 4.79 Å². The van der Waals surface area contributed by atoms with Crippen molar-refractivity contribution in [3.63, 3.8) is 0 Å². The molecular weight excluding hydrogens is 510 g/mol. The zero-order chi connectivity index (χ0) is 26.5. The van der Waals surface area contributed by atoms with Gasteiger partial charge in [-0.15, -0.1) is 0 Å². The van der Waals surface area contributed by atoms with Crippen molar-refractivity contribution in [3.8, 4) is 0 Å². The van der Waals surface area contributed by atoms with Crippen LogP contribution in [0.1, 0.15) is 56.3 Å². The smallest absolute Gasteiger partial charge is 0.368 e. The number of hydrogen-bond acceptors (Lipinski definition) is 3. The summed E-state index contributed by atoms with van der Waals surface area (Å²) >= 11 is 12.2. The molecule has 1 N–H and O–H groups in total. The molecule has 0 unspecified atom stereocenters. The highest BCUT2D eigenvalue weighted by atomic mass is 35.5. The summed E-state index contributed by atoms with van der Waals surface area (Å²) < 4.78 is 40.6. The highest BCUT2D eigenvalue weighted by Gasteiger charge is 2.33. The van der Waals surface area contributed by atoms with Crippen molar-refractivity contribution in [2.45, 2.75) is 52.3 Å². The second kappa shape index (κ2) is 12.5. The molecule has 1 amide bonds. The van der Waals surface area contributed by atoms with Crippen LogP contribution in [0.2, 0.25) is 10.0 Å². The van der Waals surface area contributed by atoms with Gasteiger partial charge in [-0.05, 0) is 66.8 Å². The molecule has 1 fully saturated rings. The van der Waals surface area contributed by atoms with Gasteiger partial charge in [0.15, 0.2) is 0 Å². The Balaban J connectivity index is 1.72. The number of piperazine rings is 1. The first-order chi connectivity index (χ1) is 17.0. The lowest BCUT2D eigenvalue weighted by Crippen LogP contribution is -2.49. The van der Waals surface area contributed by atoms with Gasteiger partial charge >= 0.3 is 6.18 Å². The van der Waals surface area contributed by atoms with Gasteiger partial charge in [0.1, 0.15) is 0 Å². The van der Waals surface area contributed by atoms with Crippen LogP contribution in [0.15, 0.2) is 36.4 Å². The van der Waals surface area contributed by atoms with Crippen molar-refractivity contribution in [2.24, 2.45) is 5.92 Å². The highest BCUT2D eigenvalue weighted by Crippen LogP contribution is 2.37. The SMILES string of the molecule is CCN[C@@H](CC(C)C)c1cc(C(F)(F)F)ccc1N1CCN(C(=O)CCc2ccc(Cl)cc2Cl)CC1. The summed E-state index contributed by atoms with van der Waals surface area (Å²) in [5.74, 6) is 0.360. The van der Waals surface area contributed by atoms with Crippen molar-refractivity contribution in [2.75, 3.05) is 37.6 Å². The van der Waals surface area contributed by atoms with Crippen LogP contribution in [0.25, 0.3) is 0 Å². The molecule has 1 aliphatic rings. The molecule has 0 radical (unpaired) electrons. The van der Waals surface area contributed by atoms with Crippen molar-refractivity contribution < 1.29 is 18.0 Å². The zero-order valence-electron chi connectivity index (χ0n) is 21.0. The van der Waals surface area contributed by atoms with E-state index in [0.717, 1.165) is 23.7 Å². The molecule has 198 valence electrons. The molecule has 3 rings (SSSR count). The van der Waals surface area contributed by atoms with Gasteiger partial charge in [-0.25, -0.2) is 0 Å². The predicted molar refractivity (Wildman–Crippen MR) is 141 cm³/mol. The van der Waals surface area contributed by atoms with E-state index in [1.807, 2.05) is 17.9 Å². The Hall–Kier alpha value is -1.96. The third-order valence-corrected chi connectivity index (χ3v) is 7.07. The molecule has 1 atom stereocenters. The van der Waals surface area contributed by atoms with E-state index >= 15 is 0 Å². The Morgan fingerprint density at radius 1 is 1.06 bits per heavy atom. The van der Waals surface area contributed by atoms with Crippen molar-refractivity contribution >= 4 is 34.8 Å². The van der Waals surface area contributed by atoms with Crippen LogP contribution >= 0.6 is 23.2 Å². The number of nitrogens with one attached hydrogen (secondary N) is 1. The average molecular weight is 544 g/mol. The van der Waals surface area contributed by atoms with Gasteiger partial charge in [0.2, 0.25) is 5.91 Å². The van der Waals surface area contributed by atoms with Crippen molar-refractivity contribution in [1.82, 2.24) is 10.2 Å². The van der Waals surface area contributed by atoms with E-state index in [1.165, 1.54) is 6.07 Å². The third-order valence-electron chi connectivity index (χ3n) is 6.48. The lowest BCUT2D eigenvalue weighted by molar-refractivity contribution is -0.137. The number of alkyl halides is 3. The van der Waals surface area contributed by atoms with Crippen LogP contribution in [-0.4, -0.2) is 43.5 Å².